The van der Waals surface area contributed by atoms with Gasteiger partial charge in [-0.3, -0.25) is 0 Å². The molecule has 0 aromatic heterocycles. The van der Waals surface area contributed by atoms with Crippen LogP contribution in [0.3, 0.4) is 0 Å². The third kappa shape index (κ3) is 3.19. The first kappa shape index (κ1) is 12.3. The zero-order chi connectivity index (χ0) is 11.2. The fourth-order valence-corrected chi connectivity index (χ4v) is 4.91. The highest BCUT2D eigenvalue weighted by Crippen LogP contribution is 2.33. The van der Waals surface area contributed by atoms with Crippen molar-refractivity contribution in [2.24, 2.45) is 0 Å². The van der Waals surface area contributed by atoms with E-state index in [1.165, 1.54) is 22.8 Å². The molecule has 16 heavy (non-hydrogen) atoms. The summed E-state index contributed by atoms with van der Waals surface area (Å²) in [6.07, 6.45) is 0. The first-order chi connectivity index (χ1) is 7.92. The van der Waals surface area contributed by atoms with Gasteiger partial charge in [0.2, 0.25) is 0 Å². The molecular weight excluding hydrogens is 234 g/mol. The lowest BCUT2D eigenvalue weighted by molar-refractivity contribution is 0.550. The topological polar surface area (TPSA) is 12.0 Å². The molecule has 0 saturated carbocycles. The van der Waals surface area contributed by atoms with Crippen LogP contribution in [0.2, 0.25) is 0 Å². The molecule has 3 heteroatoms. The van der Waals surface area contributed by atoms with Gasteiger partial charge in [-0.05, 0) is 12.1 Å². The van der Waals surface area contributed by atoms with E-state index in [0.717, 1.165) is 11.8 Å². The van der Waals surface area contributed by atoms with Crippen LogP contribution in [0, 0.1) is 0 Å². The predicted octanol–water partition coefficient (Wildman–Crippen LogP) is 3.19. The summed E-state index contributed by atoms with van der Waals surface area (Å²) in [4.78, 5) is 0. The summed E-state index contributed by atoms with van der Waals surface area (Å²) >= 11 is 4.21. The lowest BCUT2D eigenvalue weighted by Gasteiger charge is -2.30. The number of thioether (sulfide) groups is 2. The lowest BCUT2D eigenvalue weighted by Crippen LogP contribution is -2.33. The maximum Gasteiger partial charge on any atom is 0.0448 e. The molecule has 1 N–H and O–H groups in total. The zero-order valence-electron chi connectivity index (χ0n) is 9.69. The molecule has 0 bridgehead atoms. The molecule has 1 saturated heterocycles. The van der Waals surface area contributed by atoms with Gasteiger partial charge < -0.3 is 5.32 Å². The molecule has 1 heterocycles. The van der Waals surface area contributed by atoms with Crippen molar-refractivity contribution in [3.8, 4) is 0 Å². The number of rotatable bonds is 4. The maximum atomic E-state index is 3.63. The van der Waals surface area contributed by atoms with Crippen molar-refractivity contribution in [2.75, 3.05) is 23.8 Å². The highest BCUT2D eigenvalue weighted by atomic mass is 32.2. The molecule has 1 aliphatic rings. The summed E-state index contributed by atoms with van der Waals surface area (Å²) in [5, 5.41) is 4.36. The molecular formula is C13H19NS2. The van der Waals surface area contributed by atoms with Crippen LogP contribution < -0.4 is 5.32 Å². The van der Waals surface area contributed by atoms with Gasteiger partial charge in [0.1, 0.15) is 0 Å². The van der Waals surface area contributed by atoms with E-state index in [1.54, 1.807) is 0 Å². The Morgan fingerprint density at radius 3 is 2.75 bits per heavy atom. The molecule has 1 aliphatic heterocycles. The van der Waals surface area contributed by atoms with Crippen molar-refractivity contribution in [1.29, 1.82) is 0 Å². The highest BCUT2D eigenvalue weighted by Gasteiger charge is 2.24. The van der Waals surface area contributed by atoms with Crippen LogP contribution in [0.5, 0.6) is 0 Å². The third-order valence-corrected chi connectivity index (χ3v) is 5.66. The van der Waals surface area contributed by atoms with Crippen LogP contribution in [0.15, 0.2) is 30.3 Å². The molecule has 2 rings (SSSR count). The second-order valence-electron chi connectivity index (χ2n) is 3.93. The van der Waals surface area contributed by atoms with E-state index in [4.69, 9.17) is 0 Å². The molecule has 1 aromatic rings. The van der Waals surface area contributed by atoms with Crippen molar-refractivity contribution in [2.45, 2.75) is 18.2 Å². The van der Waals surface area contributed by atoms with Gasteiger partial charge in [-0.25, -0.2) is 0 Å². The Labute approximate surface area is 107 Å². The van der Waals surface area contributed by atoms with E-state index in [1.807, 2.05) is 0 Å². The number of hydrogen-bond acceptors (Lipinski definition) is 3. The van der Waals surface area contributed by atoms with E-state index in [-0.39, 0.29) is 0 Å². The van der Waals surface area contributed by atoms with Crippen molar-refractivity contribution < 1.29 is 0 Å². The number of nitrogens with one attached hydrogen (secondary N) is 1. The minimum Gasteiger partial charge on any atom is -0.309 e. The molecule has 0 radical (unpaired) electrons. The van der Waals surface area contributed by atoms with Gasteiger partial charge in [0.15, 0.2) is 0 Å². The van der Waals surface area contributed by atoms with Crippen LogP contribution in [0.4, 0.5) is 0 Å². The fraction of sp³-hybridized carbons (Fsp3) is 0.538. The van der Waals surface area contributed by atoms with E-state index in [9.17, 15) is 0 Å². The summed E-state index contributed by atoms with van der Waals surface area (Å²) < 4.78 is 0. The van der Waals surface area contributed by atoms with E-state index in [0.29, 0.717) is 6.04 Å². The van der Waals surface area contributed by atoms with Crippen molar-refractivity contribution in [3.63, 3.8) is 0 Å². The van der Waals surface area contributed by atoms with Crippen molar-refractivity contribution >= 4 is 23.5 Å². The van der Waals surface area contributed by atoms with Crippen LogP contribution in [-0.4, -0.2) is 29.1 Å². The summed E-state index contributed by atoms with van der Waals surface area (Å²) in [5.74, 6) is 3.89. The smallest absolute Gasteiger partial charge is 0.0448 e. The van der Waals surface area contributed by atoms with Gasteiger partial charge in [-0.15, -0.1) is 0 Å². The van der Waals surface area contributed by atoms with Gasteiger partial charge in [-0.2, -0.15) is 23.5 Å². The zero-order valence-corrected chi connectivity index (χ0v) is 11.3. The van der Waals surface area contributed by atoms with Crippen LogP contribution in [0.1, 0.15) is 18.5 Å². The Balaban J connectivity index is 2.09. The first-order valence-electron chi connectivity index (χ1n) is 5.89. The summed E-state index contributed by atoms with van der Waals surface area (Å²) in [6, 6.07) is 11.4. The van der Waals surface area contributed by atoms with E-state index < -0.39 is 0 Å². The Hall–Kier alpha value is -0.120. The second kappa shape index (κ2) is 6.58. The maximum absolute atomic E-state index is 3.63. The molecule has 2 atom stereocenters. The highest BCUT2D eigenvalue weighted by molar-refractivity contribution is 8.06. The molecule has 1 nitrogen and oxygen atoms in total. The van der Waals surface area contributed by atoms with Gasteiger partial charge in [0.05, 0.1) is 0 Å². The lowest BCUT2D eigenvalue weighted by atomic mass is 10.0. The molecule has 1 aromatic carbocycles. The monoisotopic (exact) mass is 253 g/mol. The van der Waals surface area contributed by atoms with Gasteiger partial charge in [0, 0.05) is 28.6 Å². The van der Waals surface area contributed by atoms with Gasteiger partial charge >= 0.3 is 0 Å². The average Bonchev–Trinajstić information content (AvgIpc) is 2.38. The normalized spacial score (nSPS) is 22.9. The summed E-state index contributed by atoms with van der Waals surface area (Å²) in [7, 11) is 0. The second-order valence-corrected chi connectivity index (χ2v) is 6.43. The number of hydrogen-bond donors (Lipinski definition) is 1. The Morgan fingerprint density at radius 2 is 2.12 bits per heavy atom. The van der Waals surface area contributed by atoms with Gasteiger partial charge in [-0.1, -0.05) is 37.3 Å². The summed E-state index contributed by atoms with van der Waals surface area (Å²) in [5.41, 5.74) is 1.43. The molecule has 1 fully saturated rings. The van der Waals surface area contributed by atoms with Crippen LogP contribution in [-0.2, 0) is 0 Å². The molecule has 0 aliphatic carbocycles. The standard InChI is InChI=1S/C13H19NS2/c1-2-14-13(11-6-4-3-5-7-11)12-10-15-8-9-16-12/h3-7,12-14H,2,8-10H2,1H3. The Kier molecular flexibility index (Phi) is 5.07. The molecule has 2 unspecified atom stereocenters. The van der Waals surface area contributed by atoms with E-state index in [2.05, 4.69) is 66.1 Å². The minimum atomic E-state index is 0.518. The number of benzene rings is 1. The minimum absolute atomic E-state index is 0.518. The largest absolute Gasteiger partial charge is 0.309 e. The third-order valence-electron chi connectivity index (χ3n) is 2.80. The van der Waals surface area contributed by atoms with Crippen LogP contribution >= 0.6 is 23.5 Å². The molecule has 88 valence electrons. The summed E-state index contributed by atoms with van der Waals surface area (Å²) in [6.45, 7) is 3.23. The quantitative estimate of drug-likeness (QED) is 0.885. The molecule has 0 spiro atoms. The first-order valence-corrected chi connectivity index (χ1v) is 8.10. The fourth-order valence-electron chi connectivity index (χ4n) is 2.04. The predicted molar refractivity (Wildman–Crippen MR) is 76.4 cm³/mol. The van der Waals surface area contributed by atoms with Gasteiger partial charge in [0.25, 0.3) is 0 Å². The van der Waals surface area contributed by atoms with Crippen molar-refractivity contribution in [3.05, 3.63) is 35.9 Å². The average molecular weight is 253 g/mol. The van der Waals surface area contributed by atoms with E-state index >= 15 is 0 Å². The molecule has 0 amide bonds. The Bertz CT molecular complexity index is 296. The SMILES string of the molecule is CCNC(c1ccccc1)C1CSCCS1. The van der Waals surface area contributed by atoms with Crippen molar-refractivity contribution in [1.82, 2.24) is 5.32 Å². The van der Waals surface area contributed by atoms with Crippen LogP contribution in [0.25, 0.3) is 0 Å². The Morgan fingerprint density at radius 1 is 1.31 bits per heavy atom.